The molecule has 7 nitrogen and oxygen atoms in total. The molecule has 20 heavy (non-hydrogen) atoms. The van der Waals surface area contributed by atoms with Crippen molar-refractivity contribution in [3.8, 4) is 5.75 Å². The maximum Gasteiger partial charge on any atom is 0.230 e. The van der Waals surface area contributed by atoms with Crippen LogP contribution in [0.2, 0.25) is 0 Å². The maximum absolute atomic E-state index is 11.8. The van der Waals surface area contributed by atoms with Crippen molar-refractivity contribution in [2.24, 2.45) is 0 Å². The first-order chi connectivity index (χ1) is 9.69. The summed E-state index contributed by atoms with van der Waals surface area (Å²) in [4.78, 5) is 12.8. The van der Waals surface area contributed by atoms with Gasteiger partial charge < -0.3 is 10.1 Å². The minimum Gasteiger partial charge on any atom is -0.497 e. The van der Waals surface area contributed by atoms with Crippen LogP contribution in [0.4, 0.5) is 0 Å². The summed E-state index contributed by atoms with van der Waals surface area (Å²) in [6.45, 7) is 1.81. The van der Waals surface area contributed by atoms with Gasteiger partial charge in [0.15, 0.2) is 5.82 Å². The number of H-pyrrole nitrogens is 1. The fourth-order valence-corrected chi connectivity index (χ4v) is 2.23. The van der Waals surface area contributed by atoms with Crippen LogP contribution in [0, 0.1) is 0 Å². The molecule has 106 valence electrons. The molecule has 0 aliphatic carbocycles. The zero-order valence-corrected chi connectivity index (χ0v) is 12.0. The van der Waals surface area contributed by atoms with Crippen LogP contribution >= 0.6 is 11.8 Å². The van der Waals surface area contributed by atoms with Crippen LogP contribution in [-0.2, 0) is 4.79 Å². The summed E-state index contributed by atoms with van der Waals surface area (Å²) in [7, 11) is 1.62. The Hall–Kier alpha value is -2.09. The fraction of sp³-hybridized carbons (Fsp3) is 0.333. The summed E-state index contributed by atoms with van der Waals surface area (Å²) < 4.78 is 5.08. The van der Waals surface area contributed by atoms with E-state index in [0.717, 1.165) is 10.6 Å². The molecular weight excluding hydrogens is 278 g/mol. The number of methoxy groups -OCH3 is 1. The van der Waals surface area contributed by atoms with Gasteiger partial charge in [0.25, 0.3) is 0 Å². The van der Waals surface area contributed by atoms with Crippen LogP contribution in [0.25, 0.3) is 0 Å². The molecule has 0 aliphatic rings. The van der Waals surface area contributed by atoms with E-state index >= 15 is 0 Å². The third-order valence-electron chi connectivity index (χ3n) is 2.56. The third-order valence-corrected chi connectivity index (χ3v) is 3.57. The van der Waals surface area contributed by atoms with E-state index in [9.17, 15) is 4.79 Å². The topological polar surface area (TPSA) is 92.8 Å². The third kappa shape index (κ3) is 3.95. The van der Waals surface area contributed by atoms with E-state index in [2.05, 4.69) is 25.9 Å². The molecule has 0 radical (unpaired) electrons. The number of carbonyl (C=O) groups excluding carboxylic acids is 1. The number of ether oxygens (including phenoxy) is 1. The minimum absolute atomic E-state index is 0.0804. The summed E-state index contributed by atoms with van der Waals surface area (Å²) in [5.41, 5.74) is 0. The van der Waals surface area contributed by atoms with Gasteiger partial charge in [0, 0.05) is 4.90 Å². The van der Waals surface area contributed by atoms with Gasteiger partial charge in [0.1, 0.15) is 5.75 Å². The van der Waals surface area contributed by atoms with Crippen LogP contribution in [0.5, 0.6) is 5.75 Å². The highest BCUT2D eigenvalue weighted by atomic mass is 32.2. The highest BCUT2D eigenvalue weighted by molar-refractivity contribution is 8.00. The molecule has 0 spiro atoms. The number of aromatic nitrogens is 4. The minimum atomic E-state index is -0.266. The van der Waals surface area contributed by atoms with E-state index in [0.29, 0.717) is 11.6 Å². The van der Waals surface area contributed by atoms with E-state index < -0.39 is 0 Å². The molecule has 1 atom stereocenters. The van der Waals surface area contributed by atoms with Gasteiger partial charge in [-0.3, -0.25) is 4.79 Å². The largest absolute Gasteiger partial charge is 0.497 e. The Kier molecular flexibility index (Phi) is 4.94. The summed E-state index contributed by atoms with van der Waals surface area (Å²) >= 11 is 1.46. The van der Waals surface area contributed by atoms with Crippen LogP contribution in [0.3, 0.4) is 0 Å². The number of hydrogen-bond donors (Lipinski definition) is 2. The standard InChI is InChI=1S/C12H15N5O2S/c1-8(12-14-16-17-15-12)13-11(18)7-20-10-5-3-9(19-2)4-6-10/h3-6,8H,7H2,1-2H3,(H,13,18)(H,14,15,16,17). The number of thioether (sulfide) groups is 1. The van der Waals surface area contributed by atoms with Crippen LogP contribution in [0.15, 0.2) is 29.2 Å². The second-order valence-electron chi connectivity index (χ2n) is 4.02. The highest BCUT2D eigenvalue weighted by Gasteiger charge is 2.13. The van der Waals surface area contributed by atoms with Crippen molar-refractivity contribution in [3.05, 3.63) is 30.1 Å². The summed E-state index contributed by atoms with van der Waals surface area (Å²) in [5, 5.41) is 16.3. The second-order valence-corrected chi connectivity index (χ2v) is 5.07. The van der Waals surface area contributed by atoms with Gasteiger partial charge in [0.05, 0.1) is 18.9 Å². The number of carbonyl (C=O) groups is 1. The Morgan fingerprint density at radius 2 is 2.20 bits per heavy atom. The molecule has 0 saturated heterocycles. The van der Waals surface area contributed by atoms with E-state index in [1.807, 2.05) is 24.3 Å². The number of benzene rings is 1. The maximum atomic E-state index is 11.8. The number of tetrazole rings is 1. The molecule has 0 aliphatic heterocycles. The lowest BCUT2D eigenvalue weighted by Crippen LogP contribution is -2.28. The van der Waals surface area contributed by atoms with Crippen molar-refractivity contribution < 1.29 is 9.53 Å². The molecule has 0 saturated carbocycles. The SMILES string of the molecule is COc1ccc(SCC(=O)NC(C)c2nn[nH]n2)cc1. The van der Waals surface area contributed by atoms with Crippen molar-refractivity contribution >= 4 is 17.7 Å². The summed E-state index contributed by atoms with van der Waals surface area (Å²) in [6, 6.07) is 7.29. The first kappa shape index (κ1) is 14.3. The lowest BCUT2D eigenvalue weighted by molar-refractivity contribution is -0.119. The van der Waals surface area contributed by atoms with Crippen LogP contribution in [0.1, 0.15) is 18.8 Å². The molecule has 1 aromatic heterocycles. The Bertz CT molecular complexity index is 543. The van der Waals surface area contributed by atoms with E-state index in [1.165, 1.54) is 11.8 Å². The van der Waals surface area contributed by atoms with E-state index in [4.69, 9.17) is 4.74 Å². The van der Waals surface area contributed by atoms with Gasteiger partial charge in [-0.1, -0.05) is 5.21 Å². The Labute approximate surface area is 120 Å². The predicted octanol–water partition coefficient (Wildman–Crippen LogP) is 1.18. The number of aromatic amines is 1. The molecule has 1 heterocycles. The van der Waals surface area contributed by atoms with Crippen molar-refractivity contribution in [2.45, 2.75) is 17.9 Å². The summed E-state index contributed by atoms with van der Waals surface area (Å²) in [6.07, 6.45) is 0. The molecule has 0 bridgehead atoms. The number of rotatable bonds is 6. The Morgan fingerprint density at radius 1 is 1.45 bits per heavy atom. The quantitative estimate of drug-likeness (QED) is 0.777. The van der Waals surface area contributed by atoms with E-state index in [-0.39, 0.29) is 11.9 Å². The monoisotopic (exact) mass is 293 g/mol. The number of amides is 1. The molecule has 0 fully saturated rings. The van der Waals surface area contributed by atoms with Crippen molar-refractivity contribution in [1.29, 1.82) is 0 Å². The molecular formula is C12H15N5O2S. The van der Waals surface area contributed by atoms with Crippen molar-refractivity contribution in [3.63, 3.8) is 0 Å². The zero-order valence-electron chi connectivity index (χ0n) is 11.2. The van der Waals surface area contributed by atoms with Crippen LogP contribution < -0.4 is 10.1 Å². The van der Waals surface area contributed by atoms with Gasteiger partial charge in [-0.25, -0.2) is 0 Å². The van der Waals surface area contributed by atoms with Gasteiger partial charge in [0.2, 0.25) is 5.91 Å². The van der Waals surface area contributed by atoms with Gasteiger partial charge >= 0.3 is 0 Å². The molecule has 8 heteroatoms. The number of hydrogen-bond acceptors (Lipinski definition) is 6. The highest BCUT2D eigenvalue weighted by Crippen LogP contribution is 2.21. The molecule has 2 rings (SSSR count). The molecule has 2 aromatic rings. The average Bonchev–Trinajstić information content (AvgIpc) is 3.00. The Morgan fingerprint density at radius 3 is 2.80 bits per heavy atom. The predicted molar refractivity (Wildman–Crippen MR) is 74.5 cm³/mol. The van der Waals surface area contributed by atoms with E-state index in [1.54, 1.807) is 14.0 Å². The first-order valence-corrected chi connectivity index (χ1v) is 6.97. The smallest absolute Gasteiger partial charge is 0.230 e. The summed E-state index contributed by atoms with van der Waals surface area (Å²) in [5.74, 6) is 1.51. The lowest BCUT2D eigenvalue weighted by atomic mass is 10.3. The van der Waals surface area contributed by atoms with Gasteiger partial charge in [-0.15, -0.1) is 22.0 Å². The zero-order chi connectivity index (χ0) is 14.4. The molecule has 2 N–H and O–H groups in total. The van der Waals surface area contributed by atoms with Crippen molar-refractivity contribution in [2.75, 3.05) is 12.9 Å². The molecule has 1 aromatic carbocycles. The molecule has 1 unspecified atom stereocenters. The Balaban J connectivity index is 1.79. The van der Waals surface area contributed by atoms with Crippen molar-refractivity contribution in [1.82, 2.24) is 25.9 Å². The fourth-order valence-electron chi connectivity index (χ4n) is 1.52. The van der Waals surface area contributed by atoms with Gasteiger partial charge in [-0.05, 0) is 31.2 Å². The first-order valence-electron chi connectivity index (χ1n) is 5.98. The second kappa shape index (κ2) is 6.90. The molecule has 1 amide bonds. The number of nitrogens with zero attached hydrogens (tertiary/aromatic N) is 3. The lowest BCUT2D eigenvalue weighted by Gasteiger charge is -2.09. The van der Waals surface area contributed by atoms with Crippen LogP contribution in [-0.4, -0.2) is 39.4 Å². The number of nitrogens with one attached hydrogen (secondary N) is 2. The average molecular weight is 293 g/mol. The van der Waals surface area contributed by atoms with Gasteiger partial charge in [-0.2, -0.15) is 5.21 Å². The normalized spacial score (nSPS) is 11.9.